The highest BCUT2D eigenvalue weighted by Gasteiger charge is 2.23. The number of H-pyrrole nitrogens is 1. The van der Waals surface area contributed by atoms with Crippen LogP contribution in [0.25, 0.3) is 11.4 Å². The number of aromatic nitrogens is 4. The highest BCUT2D eigenvalue weighted by Crippen LogP contribution is 2.35. The number of halogens is 2. The third kappa shape index (κ3) is 4.71. The van der Waals surface area contributed by atoms with Crippen molar-refractivity contribution >= 4 is 27.3 Å². The first kappa shape index (κ1) is 20.7. The minimum Gasteiger partial charge on any atom is -0.478 e. The van der Waals surface area contributed by atoms with E-state index in [0.29, 0.717) is 11.4 Å². The van der Waals surface area contributed by atoms with Gasteiger partial charge >= 0.3 is 0 Å². The Morgan fingerprint density at radius 1 is 1.24 bits per heavy atom. The molecule has 0 bridgehead atoms. The third-order valence-electron chi connectivity index (χ3n) is 3.44. The summed E-state index contributed by atoms with van der Waals surface area (Å²) in [6.45, 7) is -0.941. The first-order valence-electron chi connectivity index (χ1n) is 7.84. The molecule has 3 heterocycles. The summed E-state index contributed by atoms with van der Waals surface area (Å²) < 4.78 is 67.2. The molecule has 156 valence electrons. The van der Waals surface area contributed by atoms with Crippen molar-refractivity contribution in [2.75, 3.05) is 25.5 Å². The van der Waals surface area contributed by atoms with Gasteiger partial charge in [0.25, 0.3) is 28.2 Å². The highest BCUT2D eigenvalue weighted by atomic mass is 32.2. The van der Waals surface area contributed by atoms with Crippen molar-refractivity contribution in [2.45, 2.75) is 11.3 Å². The van der Waals surface area contributed by atoms with Gasteiger partial charge in [-0.25, -0.2) is 26.9 Å². The molecule has 3 aromatic rings. The Morgan fingerprint density at radius 2 is 1.93 bits per heavy atom. The van der Waals surface area contributed by atoms with Crippen molar-refractivity contribution in [3.63, 3.8) is 0 Å². The molecule has 0 saturated heterocycles. The molecule has 10 nitrogen and oxygen atoms in total. The van der Waals surface area contributed by atoms with Crippen LogP contribution in [0.5, 0.6) is 17.5 Å². The molecule has 0 aliphatic carbocycles. The fourth-order valence-corrected chi connectivity index (χ4v) is 3.69. The first-order valence-corrected chi connectivity index (χ1v) is 10.3. The summed E-state index contributed by atoms with van der Waals surface area (Å²) in [6, 6.07) is 1.39. The second-order valence-corrected chi connectivity index (χ2v) is 7.73. The lowest BCUT2D eigenvalue weighted by atomic mass is 10.3. The van der Waals surface area contributed by atoms with Crippen LogP contribution in [-0.2, 0) is 10.0 Å². The number of methoxy groups -OCH3 is 2. The maximum atomic E-state index is 12.6. The molecule has 3 rings (SSSR count). The molecule has 0 spiro atoms. The Bertz CT molecular complexity index is 1050. The monoisotopic (exact) mass is 447 g/mol. The largest absolute Gasteiger partial charge is 0.478 e. The van der Waals surface area contributed by atoms with Gasteiger partial charge in [0.1, 0.15) is 11.5 Å². The summed E-state index contributed by atoms with van der Waals surface area (Å²) in [7, 11) is -1.65. The Balaban J connectivity index is 1.88. The summed E-state index contributed by atoms with van der Waals surface area (Å²) in [5.74, 6) is -1.20. The molecule has 0 atom stereocenters. The van der Waals surface area contributed by atoms with Gasteiger partial charge in [-0.15, -0.1) is 11.3 Å². The lowest BCUT2D eigenvalue weighted by molar-refractivity contribution is 0.0781. The van der Waals surface area contributed by atoms with E-state index >= 15 is 0 Å². The number of hydrogen-bond acceptors (Lipinski definition) is 9. The third-order valence-corrected chi connectivity index (χ3v) is 5.34. The Hall–Kier alpha value is -3.00. The van der Waals surface area contributed by atoms with Gasteiger partial charge in [-0.2, -0.15) is 9.97 Å². The number of nitrogens with one attached hydrogen (secondary N) is 2. The number of nitrogens with zero attached hydrogens (tertiary/aromatic N) is 3. The smallest absolute Gasteiger partial charge is 0.272 e. The molecule has 0 amide bonds. The molecule has 0 aliphatic rings. The van der Waals surface area contributed by atoms with Crippen molar-refractivity contribution in [3.05, 3.63) is 23.2 Å². The number of thiazole rings is 1. The molecular formula is C15H15F2N5O5S2. The van der Waals surface area contributed by atoms with E-state index in [-0.39, 0.29) is 28.4 Å². The minimum atomic E-state index is -4.07. The van der Waals surface area contributed by atoms with Gasteiger partial charge in [-0.1, -0.05) is 0 Å². The summed E-state index contributed by atoms with van der Waals surface area (Å²) in [6.07, 6.45) is -1.46. The zero-order valence-electron chi connectivity index (χ0n) is 15.0. The lowest BCUT2D eigenvalue weighted by Gasteiger charge is -2.14. The van der Waals surface area contributed by atoms with Gasteiger partial charge in [0.05, 0.1) is 31.1 Å². The topological polar surface area (TPSA) is 128 Å². The Labute approximate surface area is 167 Å². The van der Waals surface area contributed by atoms with Crippen molar-refractivity contribution in [1.29, 1.82) is 0 Å². The standard InChI is InChI=1S/C15H15F2N5O5S2/c1-25-13-12(27-5-11(16)17)14(26-2)21-15(20-13)22-29(23,24)8-3-9(18-4-8)10-6-28-7-19-10/h3-4,6-7,11,18H,5H2,1-2H3,(H,20,21,22). The van der Waals surface area contributed by atoms with Crippen molar-refractivity contribution < 1.29 is 31.4 Å². The van der Waals surface area contributed by atoms with Crippen LogP contribution >= 0.6 is 11.3 Å². The molecule has 0 radical (unpaired) electrons. The van der Waals surface area contributed by atoms with E-state index in [1.54, 1.807) is 10.9 Å². The van der Waals surface area contributed by atoms with Crippen molar-refractivity contribution in [1.82, 2.24) is 19.9 Å². The number of hydrogen-bond donors (Lipinski definition) is 2. The van der Waals surface area contributed by atoms with Crippen LogP contribution < -0.4 is 18.9 Å². The average Bonchev–Trinajstić information content (AvgIpc) is 3.37. The summed E-state index contributed by atoms with van der Waals surface area (Å²) >= 11 is 1.37. The molecule has 14 heteroatoms. The fraction of sp³-hybridized carbons (Fsp3) is 0.267. The lowest BCUT2D eigenvalue weighted by Crippen LogP contribution is -2.16. The highest BCUT2D eigenvalue weighted by molar-refractivity contribution is 7.92. The van der Waals surface area contributed by atoms with Crippen molar-refractivity contribution in [3.8, 4) is 28.9 Å². The van der Waals surface area contributed by atoms with Gasteiger partial charge in [0.15, 0.2) is 0 Å². The van der Waals surface area contributed by atoms with E-state index < -0.39 is 23.1 Å². The quantitative estimate of drug-likeness (QED) is 0.512. The minimum absolute atomic E-state index is 0.0833. The number of ether oxygens (including phenoxy) is 3. The van der Waals surface area contributed by atoms with Crippen LogP contribution in [0.15, 0.2) is 28.0 Å². The van der Waals surface area contributed by atoms with Gasteiger partial charge in [-0.05, 0) is 6.07 Å². The number of alkyl halides is 2. The predicted molar refractivity (Wildman–Crippen MR) is 99.3 cm³/mol. The second kappa shape index (κ2) is 8.57. The maximum Gasteiger partial charge on any atom is 0.272 e. The fourth-order valence-electron chi connectivity index (χ4n) is 2.20. The molecule has 0 fully saturated rings. The van der Waals surface area contributed by atoms with Crippen LogP contribution in [0.4, 0.5) is 14.7 Å². The van der Waals surface area contributed by atoms with Gasteiger partial charge in [0.2, 0.25) is 11.7 Å². The molecule has 0 saturated carbocycles. The predicted octanol–water partition coefficient (Wildman–Crippen LogP) is 2.39. The van der Waals surface area contributed by atoms with Crippen LogP contribution in [-0.4, -0.2) is 55.6 Å². The van der Waals surface area contributed by atoms with Crippen LogP contribution in [0.1, 0.15) is 0 Å². The SMILES string of the molecule is COc1nc(NS(=O)(=O)c2c[nH]c(-c3cscn3)c2)nc(OC)c1OCC(F)F. The molecule has 3 aromatic heterocycles. The number of aromatic amines is 1. The molecular weight excluding hydrogens is 432 g/mol. The van der Waals surface area contributed by atoms with Crippen molar-refractivity contribution in [2.24, 2.45) is 0 Å². The summed E-state index contributed by atoms with van der Waals surface area (Å²) in [5.41, 5.74) is 2.72. The molecule has 0 aliphatic heterocycles. The van der Waals surface area contributed by atoms with Gasteiger partial charge in [0, 0.05) is 11.6 Å². The van der Waals surface area contributed by atoms with E-state index in [1.165, 1.54) is 37.8 Å². The Kier molecular flexibility index (Phi) is 6.12. The van der Waals surface area contributed by atoms with Gasteiger partial charge in [-0.3, -0.25) is 0 Å². The van der Waals surface area contributed by atoms with E-state index in [1.807, 2.05) is 0 Å². The van der Waals surface area contributed by atoms with E-state index in [9.17, 15) is 17.2 Å². The maximum absolute atomic E-state index is 12.6. The van der Waals surface area contributed by atoms with E-state index in [2.05, 4.69) is 24.7 Å². The number of rotatable bonds is 9. The van der Waals surface area contributed by atoms with E-state index in [0.717, 1.165) is 0 Å². The van der Waals surface area contributed by atoms with Crippen LogP contribution in [0.2, 0.25) is 0 Å². The van der Waals surface area contributed by atoms with Crippen LogP contribution in [0.3, 0.4) is 0 Å². The normalized spacial score (nSPS) is 11.5. The average molecular weight is 447 g/mol. The van der Waals surface area contributed by atoms with Gasteiger partial charge < -0.3 is 19.2 Å². The zero-order chi connectivity index (χ0) is 21.0. The number of sulfonamides is 1. The number of anilines is 1. The molecule has 0 aromatic carbocycles. The first-order chi connectivity index (χ1) is 13.8. The molecule has 2 N–H and O–H groups in total. The molecule has 29 heavy (non-hydrogen) atoms. The second-order valence-electron chi connectivity index (χ2n) is 5.33. The summed E-state index contributed by atoms with van der Waals surface area (Å²) in [5, 5.41) is 1.76. The Morgan fingerprint density at radius 3 is 2.48 bits per heavy atom. The van der Waals surface area contributed by atoms with Crippen LogP contribution in [0, 0.1) is 0 Å². The summed E-state index contributed by atoms with van der Waals surface area (Å²) in [4.78, 5) is 14.5. The van der Waals surface area contributed by atoms with E-state index in [4.69, 9.17) is 14.2 Å². The molecule has 0 unspecified atom stereocenters. The zero-order valence-corrected chi connectivity index (χ0v) is 16.7.